The Labute approximate surface area is 162 Å². The van der Waals surface area contributed by atoms with Gasteiger partial charge in [-0.2, -0.15) is 0 Å². The third kappa shape index (κ3) is 3.74. The molecule has 28 heavy (non-hydrogen) atoms. The van der Waals surface area contributed by atoms with E-state index in [1.165, 1.54) is 12.1 Å². The summed E-state index contributed by atoms with van der Waals surface area (Å²) in [5.41, 5.74) is 2.32. The van der Waals surface area contributed by atoms with Crippen molar-refractivity contribution in [1.82, 2.24) is 19.6 Å². The van der Waals surface area contributed by atoms with Crippen LogP contribution < -0.4 is 5.32 Å². The Morgan fingerprint density at radius 3 is 2.96 bits per heavy atom. The molecule has 0 bridgehead atoms. The maximum absolute atomic E-state index is 14.2. The lowest BCUT2D eigenvalue weighted by molar-refractivity contribution is -0.127. The molecule has 7 heteroatoms. The van der Waals surface area contributed by atoms with Gasteiger partial charge in [0.15, 0.2) is 0 Å². The van der Waals surface area contributed by atoms with E-state index < -0.39 is 5.82 Å². The molecule has 144 valence electrons. The van der Waals surface area contributed by atoms with E-state index in [1.54, 1.807) is 12.3 Å². The Morgan fingerprint density at radius 2 is 2.14 bits per heavy atom. The van der Waals surface area contributed by atoms with Gasteiger partial charge in [-0.05, 0) is 43.2 Å². The zero-order valence-electron chi connectivity index (χ0n) is 15.4. The maximum atomic E-state index is 14.2. The molecule has 0 atom stereocenters. The van der Waals surface area contributed by atoms with Crippen LogP contribution in [-0.2, 0) is 4.79 Å². The number of fused-ring (bicyclic) bond motifs is 1. The van der Waals surface area contributed by atoms with Crippen LogP contribution in [0, 0.1) is 5.82 Å². The number of pyridine rings is 1. The minimum atomic E-state index is -0.476. The van der Waals surface area contributed by atoms with Crippen LogP contribution in [0.3, 0.4) is 0 Å². The van der Waals surface area contributed by atoms with Gasteiger partial charge in [-0.1, -0.05) is 6.07 Å². The SMILES string of the molecule is O=C(NCCCN1CCCC1=O)c1cc(F)cc(-c2cnc3ccccn23)c1. The third-order valence-electron chi connectivity index (χ3n) is 4.93. The van der Waals surface area contributed by atoms with E-state index in [-0.39, 0.29) is 17.4 Å². The molecule has 3 aromatic rings. The van der Waals surface area contributed by atoms with E-state index in [1.807, 2.05) is 33.7 Å². The number of hydrogen-bond donors (Lipinski definition) is 1. The van der Waals surface area contributed by atoms with Gasteiger partial charge in [0.2, 0.25) is 5.91 Å². The van der Waals surface area contributed by atoms with Gasteiger partial charge in [0, 0.05) is 43.4 Å². The number of rotatable bonds is 6. The Balaban J connectivity index is 1.44. The van der Waals surface area contributed by atoms with Crippen molar-refractivity contribution in [3.05, 3.63) is 60.2 Å². The number of benzene rings is 1. The first-order valence-corrected chi connectivity index (χ1v) is 9.41. The number of nitrogens with zero attached hydrogens (tertiary/aromatic N) is 3. The van der Waals surface area contributed by atoms with Crippen molar-refractivity contribution in [3.8, 4) is 11.3 Å². The second-order valence-electron chi connectivity index (χ2n) is 6.89. The minimum absolute atomic E-state index is 0.175. The summed E-state index contributed by atoms with van der Waals surface area (Å²) >= 11 is 0. The molecule has 0 saturated carbocycles. The Kier molecular flexibility index (Phi) is 5.06. The summed E-state index contributed by atoms with van der Waals surface area (Å²) in [6.45, 7) is 1.86. The molecule has 2 aromatic heterocycles. The molecule has 1 N–H and O–H groups in total. The van der Waals surface area contributed by atoms with Crippen LogP contribution in [-0.4, -0.2) is 45.7 Å². The molecule has 6 nitrogen and oxygen atoms in total. The summed E-state index contributed by atoms with van der Waals surface area (Å²) in [5.74, 6) is -0.632. The predicted molar refractivity (Wildman–Crippen MR) is 103 cm³/mol. The molecule has 1 aliphatic rings. The van der Waals surface area contributed by atoms with E-state index >= 15 is 0 Å². The highest BCUT2D eigenvalue weighted by Crippen LogP contribution is 2.23. The highest BCUT2D eigenvalue weighted by atomic mass is 19.1. The quantitative estimate of drug-likeness (QED) is 0.669. The molecule has 1 fully saturated rings. The number of carbonyl (C=O) groups is 2. The van der Waals surface area contributed by atoms with E-state index in [0.29, 0.717) is 31.5 Å². The molecule has 1 saturated heterocycles. The van der Waals surface area contributed by atoms with Gasteiger partial charge >= 0.3 is 0 Å². The van der Waals surface area contributed by atoms with Crippen LogP contribution in [0.5, 0.6) is 0 Å². The van der Waals surface area contributed by atoms with E-state index in [2.05, 4.69) is 10.3 Å². The average Bonchev–Trinajstić information content (AvgIpc) is 3.30. The van der Waals surface area contributed by atoms with Crippen LogP contribution in [0.15, 0.2) is 48.8 Å². The van der Waals surface area contributed by atoms with Crippen molar-refractivity contribution in [2.45, 2.75) is 19.3 Å². The third-order valence-corrected chi connectivity index (χ3v) is 4.93. The van der Waals surface area contributed by atoms with Crippen molar-refractivity contribution in [2.75, 3.05) is 19.6 Å². The van der Waals surface area contributed by atoms with Crippen LogP contribution in [0.4, 0.5) is 4.39 Å². The Morgan fingerprint density at radius 1 is 1.25 bits per heavy atom. The molecule has 4 rings (SSSR count). The van der Waals surface area contributed by atoms with Gasteiger partial charge in [0.05, 0.1) is 11.9 Å². The van der Waals surface area contributed by atoms with Gasteiger partial charge in [0.1, 0.15) is 11.5 Å². The molecule has 1 aromatic carbocycles. The molecule has 0 radical (unpaired) electrons. The molecular weight excluding hydrogens is 359 g/mol. The number of likely N-dealkylation sites (tertiary alicyclic amines) is 1. The number of aromatic nitrogens is 2. The Hall–Kier alpha value is -3.22. The summed E-state index contributed by atoms with van der Waals surface area (Å²) in [7, 11) is 0. The van der Waals surface area contributed by atoms with Gasteiger partial charge in [0.25, 0.3) is 5.91 Å². The highest BCUT2D eigenvalue weighted by Gasteiger charge is 2.19. The molecule has 3 heterocycles. The lowest BCUT2D eigenvalue weighted by atomic mass is 10.1. The average molecular weight is 380 g/mol. The van der Waals surface area contributed by atoms with E-state index in [9.17, 15) is 14.0 Å². The number of halogens is 1. The smallest absolute Gasteiger partial charge is 0.251 e. The molecule has 0 spiro atoms. The predicted octanol–water partition coefficient (Wildman–Crippen LogP) is 2.88. The lowest BCUT2D eigenvalue weighted by Crippen LogP contribution is -2.30. The van der Waals surface area contributed by atoms with E-state index in [4.69, 9.17) is 0 Å². The van der Waals surface area contributed by atoms with Gasteiger partial charge < -0.3 is 10.2 Å². The zero-order valence-corrected chi connectivity index (χ0v) is 15.4. The van der Waals surface area contributed by atoms with E-state index in [0.717, 1.165) is 24.3 Å². The Bertz CT molecular complexity index is 1030. The van der Waals surface area contributed by atoms with Crippen molar-refractivity contribution in [3.63, 3.8) is 0 Å². The summed E-state index contributed by atoms with van der Waals surface area (Å²) < 4.78 is 16.0. The summed E-state index contributed by atoms with van der Waals surface area (Å²) in [4.78, 5) is 30.2. The number of amides is 2. The first kappa shape index (κ1) is 18.2. The molecule has 0 unspecified atom stereocenters. The fraction of sp³-hybridized carbons (Fsp3) is 0.286. The standard InChI is InChI=1S/C21H21FN4O2/c22-17-12-15(18-14-24-19-5-1-2-10-26(18)19)11-16(13-17)21(28)23-7-4-9-25-8-3-6-20(25)27/h1-2,5,10-14H,3-4,6-9H2,(H,23,28). The van der Waals surface area contributed by atoms with Gasteiger partial charge in [-0.3, -0.25) is 14.0 Å². The van der Waals surface area contributed by atoms with Gasteiger partial charge in [-0.15, -0.1) is 0 Å². The number of hydrogen-bond acceptors (Lipinski definition) is 3. The number of imidazole rings is 1. The molecule has 2 amide bonds. The number of carbonyl (C=O) groups excluding carboxylic acids is 2. The van der Waals surface area contributed by atoms with Crippen molar-refractivity contribution in [1.29, 1.82) is 0 Å². The van der Waals surface area contributed by atoms with Crippen LogP contribution in [0.1, 0.15) is 29.6 Å². The second kappa shape index (κ2) is 7.80. The van der Waals surface area contributed by atoms with Crippen molar-refractivity contribution in [2.24, 2.45) is 0 Å². The van der Waals surface area contributed by atoms with Crippen LogP contribution in [0.25, 0.3) is 16.9 Å². The van der Waals surface area contributed by atoms with Gasteiger partial charge in [-0.25, -0.2) is 9.37 Å². The topological polar surface area (TPSA) is 66.7 Å². The fourth-order valence-electron chi connectivity index (χ4n) is 3.53. The molecule has 0 aliphatic carbocycles. The minimum Gasteiger partial charge on any atom is -0.352 e. The maximum Gasteiger partial charge on any atom is 0.251 e. The van der Waals surface area contributed by atoms with Crippen LogP contribution in [0.2, 0.25) is 0 Å². The summed E-state index contributed by atoms with van der Waals surface area (Å²) in [5, 5.41) is 2.81. The van der Waals surface area contributed by atoms with Crippen LogP contribution >= 0.6 is 0 Å². The summed E-state index contributed by atoms with van der Waals surface area (Å²) in [6.07, 6.45) is 5.70. The number of nitrogens with one attached hydrogen (secondary N) is 1. The largest absolute Gasteiger partial charge is 0.352 e. The second-order valence-corrected chi connectivity index (χ2v) is 6.89. The molecular formula is C21H21FN4O2. The normalized spacial score (nSPS) is 14.0. The van der Waals surface area contributed by atoms with Crippen molar-refractivity contribution >= 4 is 17.5 Å². The highest BCUT2D eigenvalue weighted by molar-refractivity contribution is 5.95. The molecule has 1 aliphatic heterocycles. The summed E-state index contributed by atoms with van der Waals surface area (Å²) in [6, 6.07) is 9.90. The van der Waals surface area contributed by atoms with Crippen molar-refractivity contribution < 1.29 is 14.0 Å². The first-order chi connectivity index (χ1) is 13.6. The lowest BCUT2D eigenvalue weighted by Gasteiger charge is -2.15. The first-order valence-electron chi connectivity index (χ1n) is 9.41. The fourth-order valence-corrected chi connectivity index (χ4v) is 3.53. The zero-order chi connectivity index (χ0) is 19.5. The monoisotopic (exact) mass is 380 g/mol.